The molecule has 2 aromatic rings. The Balaban J connectivity index is 2.21. The fourth-order valence-electron chi connectivity index (χ4n) is 2.25. The third kappa shape index (κ3) is 4.79. The van der Waals surface area contributed by atoms with Gasteiger partial charge in [0, 0.05) is 24.2 Å². The van der Waals surface area contributed by atoms with Crippen LogP contribution in [-0.2, 0) is 11.3 Å². The quantitative estimate of drug-likeness (QED) is 0.463. The maximum Gasteiger partial charge on any atom is 0.338 e. The van der Waals surface area contributed by atoms with Crippen LogP contribution in [0.25, 0.3) is 0 Å². The summed E-state index contributed by atoms with van der Waals surface area (Å²) in [4.78, 5) is 34.6. The zero-order valence-electron chi connectivity index (χ0n) is 14.4. The molecule has 0 unspecified atom stereocenters. The highest BCUT2D eigenvalue weighted by atomic mass is 16.6. The lowest BCUT2D eigenvalue weighted by molar-refractivity contribution is -0.384. The van der Waals surface area contributed by atoms with Crippen LogP contribution in [0.4, 0.5) is 5.69 Å². The van der Waals surface area contributed by atoms with Crippen molar-refractivity contribution in [2.45, 2.75) is 13.5 Å². The Bertz CT molecular complexity index is 834. The van der Waals surface area contributed by atoms with Crippen LogP contribution in [0.5, 0.6) is 5.75 Å². The van der Waals surface area contributed by atoms with Crippen LogP contribution in [0.15, 0.2) is 42.5 Å². The van der Waals surface area contributed by atoms with Crippen LogP contribution in [-0.4, -0.2) is 30.5 Å². The minimum absolute atomic E-state index is 0.00477. The van der Waals surface area contributed by atoms with Crippen molar-refractivity contribution in [3.63, 3.8) is 0 Å². The molecule has 0 bridgehead atoms. The summed E-state index contributed by atoms with van der Waals surface area (Å²) < 4.78 is 9.96. The highest BCUT2D eigenvalue weighted by Gasteiger charge is 2.18. The number of nitrogens with zero attached hydrogens (tertiary/aromatic N) is 1. The first-order valence-corrected chi connectivity index (χ1v) is 7.82. The molecule has 8 heteroatoms. The molecule has 0 aliphatic rings. The fraction of sp³-hybridized carbons (Fsp3) is 0.222. The number of hydrogen-bond acceptors (Lipinski definition) is 6. The Kier molecular flexibility index (Phi) is 6.26. The SMILES string of the molecule is CCOC(=O)c1cc(C(=O)NCc2cccc(OC)c2)cc([N+](=O)[O-])c1. The summed E-state index contributed by atoms with van der Waals surface area (Å²) >= 11 is 0. The van der Waals surface area contributed by atoms with E-state index in [-0.39, 0.29) is 30.0 Å². The summed E-state index contributed by atoms with van der Waals surface area (Å²) in [5, 5.41) is 13.7. The highest BCUT2D eigenvalue weighted by Crippen LogP contribution is 2.19. The molecule has 2 aromatic carbocycles. The molecule has 0 fully saturated rings. The van der Waals surface area contributed by atoms with Crippen molar-refractivity contribution in [3.8, 4) is 5.75 Å². The van der Waals surface area contributed by atoms with Gasteiger partial charge >= 0.3 is 5.97 Å². The van der Waals surface area contributed by atoms with Crippen molar-refractivity contribution < 1.29 is 24.0 Å². The van der Waals surface area contributed by atoms with Crippen molar-refractivity contribution in [1.82, 2.24) is 5.32 Å². The molecule has 2 rings (SSSR count). The van der Waals surface area contributed by atoms with Gasteiger partial charge in [-0.2, -0.15) is 0 Å². The molecule has 0 aliphatic heterocycles. The van der Waals surface area contributed by atoms with Gasteiger partial charge in [-0.15, -0.1) is 0 Å². The topological polar surface area (TPSA) is 108 Å². The van der Waals surface area contributed by atoms with Crippen molar-refractivity contribution in [2.75, 3.05) is 13.7 Å². The number of carbonyl (C=O) groups excluding carboxylic acids is 2. The van der Waals surface area contributed by atoms with Gasteiger partial charge in [0.15, 0.2) is 0 Å². The molecule has 0 saturated heterocycles. The monoisotopic (exact) mass is 358 g/mol. The van der Waals surface area contributed by atoms with Crippen molar-refractivity contribution in [1.29, 1.82) is 0 Å². The summed E-state index contributed by atoms with van der Waals surface area (Å²) in [7, 11) is 1.54. The van der Waals surface area contributed by atoms with Crippen molar-refractivity contribution in [2.24, 2.45) is 0 Å². The van der Waals surface area contributed by atoms with Gasteiger partial charge in [0.25, 0.3) is 11.6 Å². The number of carbonyl (C=O) groups is 2. The molecule has 0 spiro atoms. The van der Waals surface area contributed by atoms with Gasteiger partial charge in [-0.25, -0.2) is 4.79 Å². The molecule has 1 N–H and O–H groups in total. The van der Waals surface area contributed by atoms with Crippen LogP contribution in [0.3, 0.4) is 0 Å². The van der Waals surface area contributed by atoms with E-state index >= 15 is 0 Å². The minimum atomic E-state index is -0.724. The first-order chi connectivity index (χ1) is 12.4. The predicted molar refractivity (Wildman–Crippen MR) is 93.2 cm³/mol. The summed E-state index contributed by atoms with van der Waals surface area (Å²) in [6, 6.07) is 10.6. The van der Waals surface area contributed by atoms with Crippen molar-refractivity contribution >= 4 is 17.6 Å². The molecule has 0 saturated carbocycles. The van der Waals surface area contributed by atoms with E-state index in [1.165, 1.54) is 13.2 Å². The predicted octanol–water partition coefficient (Wildman–Crippen LogP) is 2.71. The molecule has 26 heavy (non-hydrogen) atoms. The van der Waals surface area contributed by atoms with Crippen LogP contribution < -0.4 is 10.1 Å². The Morgan fingerprint density at radius 3 is 2.54 bits per heavy atom. The number of amides is 1. The van der Waals surface area contributed by atoms with Crippen LogP contribution in [0.2, 0.25) is 0 Å². The van der Waals surface area contributed by atoms with E-state index in [9.17, 15) is 19.7 Å². The Morgan fingerprint density at radius 2 is 1.88 bits per heavy atom. The molecule has 8 nitrogen and oxygen atoms in total. The summed E-state index contributed by atoms with van der Waals surface area (Å²) in [5.41, 5.74) is 0.397. The Morgan fingerprint density at radius 1 is 1.15 bits per heavy atom. The van der Waals surface area contributed by atoms with Crippen molar-refractivity contribution in [3.05, 3.63) is 69.3 Å². The number of esters is 1. The Labute approximate surface area is 149 Å². The lowest BCUT2D eigenvalue weighted by atomic mass is 10.1. The zero-order chi connectivity index (χ0) is 19.1. The molecule has 1 amide bonds. The number of benzene rings is 2. The molecule has 0 radical (unpaired) electrons. The van der Waals surface area contributed by atoms with E-state index in [0.717, 1.165) is 17.7 Å². The lowest BCUT2D eigenvalue weighted by Gasteiger charge is -2.08. The number of nitro groups is 1. The average molecular weight is 358 g/mol. The molecular weight excluding hydrogens is 340 g/mol. The van der Waals surface area contributed by atoms with Gasteiger partial charge in [-0.1, -0.05) is 12.1 Å². The molecule has 0 atom stereocenters. The van der Waals surface area contributed by atoms with E-state index < -0.39 is 16.8 Å². The second kappa shape index (κ2) is 8.61. The highest BCUT2D eigenvalue weighted by molar-refractivity contribution is 5.99. The van der Waals surface area contributed by atoms with Crippen LogP contribution in [0.1, 0.15) is 33.2 Å². The number of ether oxygens (including phenoxy) is 2. The lowest BCUT2D eigenvalue weighted by Crippen LogP contribution is -2.23. The molecule has 0 aromatic heterocycles. The van der Waals surface area contributed by atoms with Gasteiger partial charge in [-0.05, 0) is 30.7 Å². The summed E-state index contributed by atoms with van der Waals surface area (Å²) in [6.45, 7) is 1.95. The molecule has 0 heterocycles. The van der Waals surface area contributed by atoms with E-state index in [1.54, 1.807) is 31.2 Å². The van der Waals surface area contributed by atoms with E-state index in [4.69, 9.17) is 9.47 Å². The number of hydrogen-bond donors (Lipinski definition) is 1. The number of rotatable bonds is 7. The molecular formula is C18H18N2O6. The third-order valence-electron chi connectivity index (χ3n) is 3.49. The van der Waals surface area contributed by atoms with Gasteiger partial charge in [0.05, 0.1) is 24.2 Å². The average Bonchev–Trinajstić information content (AvgIpc) is 2.66. The second-order valence-electron chi connectivity index (χ2n) is 5.28. The van der Waals surface area contributed by atoms with Gasteiger partial charge in [-0.3, -0.25) is 14.9 Å². The maximum absolute atomic E-state index is 12.4. The minimum Gasteiger partial charge on any atom is -0.497 e. The van der Waals surface area contributed by atoms with Crippen LogP contribution in [0, 0.1) is 10.1 Å². The normalized spacial score (nSPS) is 10.1. The zero-order valence-corrected chi connectivity index (χ0v) is 14.4. The maximum atomic E-state index is 12.4. The number of non-ortho nitro benzene ring substituents is 1. The van der Waals surface area contributed by atoms with Gasteiger partial charge < -0.3 is 14.8 Å². The number of methoxy groups -OCH3 is 1. The first kappa shape index (κ1) is 18.9. The largest absolute Gasteiger partial charge is 0.497 e. The smallest absolute Gasteiger partial charge is 0.338 e. The summed E-state index contributed by atoms with van der Waals surface area (Å²) in [5.74, 6) is -0.614. The fourth-order valence-corrected chi connectivity index (χ4v) is 2.25. The standard InChI is InChI=1S/C18H18N2O6/c1-3-26-18(22)14-8-13(9-15(10-14)20(23)24)17(21)19-11-12-5-4-6-16(7-12)25-2/h4-10H,3,11H2,1-2H3,(H,19,21). The third-order valence-corrected chi connectivity index (χ3v) is 3.49. The first-order valence-electron chi connectivity index (χ1n) is 7.82. The van der Waals surface area contributed by atoms with E-state index in [0.29, 0.717) is 5.75 Å². The van der Waals surface area contributed by atoms with E-state index in [1.807, 2.05) is 0 Å². The molecule has 136 valence electrons. The van der Waals surface area contributed by atoms with E-state index in [2.05, 4.69) is 5.32 Å². The van der Waals surface area contributed by atoms with Gasteiger partial charge in [0.1, 0.15) is 5.75 Å². The second-order valence-corrected chi connectivity index (χ2v) is 5.28. The Hall–Kier alpha value is -3.42. The number of nitrogens with one attached hydrogen (secondary N) is 1. The molecule has 0 aliphatic carbocycles. The van der Waals surface area contributed by atoms with Gasteiger partial charge in [0.2, 0.25) is 0 Å². The number of nitro benzene ring substituents is 1. The summed E-state index contributed by atoms with van der Waals surface area (Å²) in [6.07, 6.45) is 0. The van der Waals surface area contributed by atoms with Crippen LogP contribution >= 0.6 is 0 Å².